The SMILES string of the molecule is CS(=O)(=O)NCCC1CCCCN1CC1CCNCC1. The van der Waals surface area contributed by atoms with Crippen LogP contribution in [0.15, 0.2) is 0 Å². The molecule has 2 saturated heterocycles. The van der Waals surface area contributed by atoms with Crippen LogP contribution in [0.1, 0.15) is 38.5 Å². The Morgan fingerprint density at radius 1 is 1.20 bits per heavy atom. The molecule has 118 valence electrons. The third kappa shape index (κ3) is 5.68. The maximum atomic E-state index is 11.1. The molecule has 5 nitrogen and oxygen atoms in total. The van der Waals surface area contributed by atoms with Gasteiger partial charge in [-0.05, 0) is 57.7 Å². The Morgan fingerprint density at radius 3 is 2.65 bits per heavy atom. The van der Waals surface area contributed by atoms with E-state index in [4.69, 9.17) is 0 Å². The van der Waals surface area contributed by atoms with E-state index in [0.29, 0.717) is 12.6 Å². The number of nitrogens with one attached hydrogen (secondary N) is 2. The number of hydrogen-bond donors (Lipinski definition) is 2. The summed E-state index contributed by atoms with van der Waals surface area (Å²) < 4.78 is 24.9. The van der Waals surface area contributed by atoms with Crippen molar-refractivity contribution < 1.29 is 8.42 Å². The highest BCUT2D eigenvalue weighted by Crippen LogP contribution is 2.23. The number of likely N-dealkylation sites (tertiary alicyclic amines) is 1. The minimum Gasteiger partial charge on any atom is -0.317 e. The van der Waals surface area contributed by atoms with Gasteiger partial charge in [-0.2, -0.15) is 0 Å². The molecular formula is C14H29N3O2S. The van der Waals surface area contributed by atoms with Crippen molar-refractivity contribution in [2.75, 3.05) is 39.0 Å². The lowest BCUT2D eigenvalue weighted by Gasteiger charge is -2.39. The van der Waals surface area contributed by atoms with Crippen molar-refractivity contribution in [2.24, 2.45) is 5.92 Å². The molecule has 6 heteroatoms. The zero-order valence-corrected chi connectivity index (χ0v) is 13.4. The molecule has 2 fully saturated rings. The smallest absolute Gasteiger partial charge is 0.208 e. The third-order valence-corrected chi connectivity index (χ3v) is 5.27. The highest BCUT2D eigenvalue weighted by molar-refractivity contribution is 7.88. The zero-order valence-electron chi connectivity index (χ0n) is 12.6. The van der Waals surface area contributed by atoms with E-state index in [-0.39, 0.29) is 0 Å². The van der Waals surface area contributed by atoms with Crippen LogP contribution in [0.3, 0.4) is 0 Å². The molecule has 2 rings (SSSR count). The van der Waals surface area contributed by atoms with Crippen molar-refractivity contribution in [1.29, 1.82) is 0 Å². The summed E-state index contributed by atoms with van der Waals surface area (Å²) in [6.07, 6.45) is 8.54. The highest BCUT2D eigenvalue weighted by Gasteiger charge is 2.25. The van der Waals surface area contributed by atoms with Crippen LogP contribution in [-0.2, 0) is 10.0 Å². The molecule has 0 saturated carbocycles. The van der Waals surface area contributed by atoms with Crippen LogP contribution in [-0.4, -0.2) is 58.3 Å². The second-order valence-corrected chi connectivity index (χ2v) is 8.13. The average Bonchev–Trinajstić information content (AvgIpc) is 2.40. The van der Waals surface area contributed by atoms with Gasteiger partial charge in [-0.25, -0.2) is 13.1 Å². The summed E-state index contributed by atoms with van der Waals surface area (Å²) in [5.41, 5.74) is 0. The van der Waals surface area contributed by atoms with E-state index in [1.54, 1.807) is 0 Å². The summed E-state index contributed by atoms with van der Waals surface area (Å²) in [5.74, 6) is 0.819. The summed E-state index contributed by atoms with van der Waals surface area (Å²) in [4.78, 5) is 2.61. The maximum Gasteiger partial charge on any atom is 0.208 e. The van der Waals surface area contributed by atoms with Gasteiger partial charge in [0.15, 0.2) is 0 Å². The number of piperidine rings is 2. The molecule has 1 atom stereocenters. The van der Waals surface area contributed by atoms with Crippen molar-refractivity contribution in [1.82, 2.24) is 14.9 Å². The van der Waals surface area contributed by atoms with E-state index in [2.05, 4.69) is 14.9 Å². The van der Waals surface area contributed by atoms with Gasteiger partial charge in [-0.3, -0.25) is 0 Å². The number of sulfonamides is 1. The molecule has 20 heavy (non-hydrogen) atoms. The fraction of sp³-hybridized carbons (Fsp3) is 1.00. The second kappa shape index (κ2) is 7.73. The van der Waals surface area contributed by atoms with Gasteiger partial charge in [0.2, 0.25) is 10.0 Å². The minimum absolute atomic E-state index is 0.563. The first-order valence-electron chi connectivity index (χ1n) is 7.94. The number of rotatable bonds is 6. The summed E-state index contributed by atoms with van der Waals surface area (Å²) >= 11 is 0. The first kappa shape index (κ1) is 16.2. The molecule has 2 N–H and O–H groups in total. The predicted octanol–water partition coefficient (Wildman–Crippen LogP) is 0.780. The molecule has 2 aliphatic heterocycles. The van der Waals surface area contributed by atoms with Crippen LogP contribution in [0.2, 0.25) is 0 Å². The van der Waals surface area contributed by atoms with Gasteiger partial charge < -0.3 is 10.2 Å². The summed E-state index contributed by atoms with van der Waals surface area (Å²) in [5, 5.41) is 3.42. The van der Waals surface area contributed by atoms with Crippen molar-refractivity contribution in [2.45, 2.75) is 44.6 Å². The Kier molecular flexibility index (Phi) is 6.26. The monoisotopic (exact) mass is 303 g/mol. The lowest BCUT2D eigenvalue weighted by atomic mass is 9.93. The van der Waals surface area contributed by atoms with Crippen molar-refractivity contribution >= 4 is 10.0 Å². The normalized spacial score (nSPS) is 26.8. The number of nitrogens with zero attached hydrogens (tertiary/aromatic N) is 1. The average molecular weight is 303 g/mol. The molecule has 0 bridgehead atoms. The van der Waals surface area contributed by atoms with Gasteiger partial charge in [0.1, 0.15) is 0 Å². The molecule has 1 unspecified atom stereocenters. The molecule has 0 amide bonds. The Labute approximate surface area is 123 Å². The molecule has 0 aromatic rings. The van der Waals surface area contributed by atoms with Crippen LogP contribution in [0.25, 0.3) is 0 Å². The molecule has 0 aromatic carbocycles. The zero-order chi connectivity index (χ0) is 14.4. The lowest BCUT2D eigenvalue weighted by molar-refractivity contribution is 0.110. The van der Waals surface area contributed by atoms with E-state index >= 15 is 0 Å². The lowest BCUT2D eigenvalue weighted by Crippen LogP contribution is -2.45. The largest absolute Gasteiger partial charge is 0.317 e. The van der Waals surface area contributed by atoms with Gasteiger partial charge in [-0.1, -0.05) is 6.42 Å². The second-order valence-electron chi connectivity index (χ2n) is 6.29. The topological polar surface area (TPSA) is 61.4 Å². The van der Waals surface area contributed by atoms with Gasteiger partial charge in [0.25, 0.3) is 0 Å². The van der Waals surface area contributed by atoms with Crippen LogP contribution in [0.4, 0.5) is 0 Å². The van der Waals surface area contributed by atoms with Crippen LogP contribution >= 0.6 is 0 Å². The Morgan fingerprint density at radius 2 is 1.95 bits per heavy atom. The quantitative estimate of drug-likeness (QED) is 0.761. The van der Waals surface area contributed by atoms with Gasteiger partial charge in [-0.15, -0.1) is 0 Å². The van der Waals surface area contributed by atoms with Gasteiger partial charge in [0, 0.05) is 19.1 Å². The van der Waals surface area contributed by atoms with E-state index in [1.165, 1.54) is 51.4 Å². The molecule has 2 aliphatic rings. The summed E-state index contributed by atoms with van der Waals surface area (Å²) in [6, 6.07) is 0.563. The van der Waals surface area contributed by atoms with Gasteiger partial charge in [0.05, 0.1) is 6.26 Å². The fourth-order valence-corrected chi connectivity index (χ4v) is 3.92. The van der Waals surface area contributed by atoms with Crippen LogP contribution in [0, 0.1) is 5.92 Å². The molecule has 2 heterocycles. The van der Waals surface area contributed by atoms with E-state index in [1.807, 2.05) is 0 Å². The summed E-state index contributed by atoms with van der Waals surface area (Å²) in [6.45, 7) is 5.27. The third-order valence-electron chi connectivity index (χ3n) is 4.54. The molecule has 0 radical (unpaired) electrons. The number of hydrogen-bond acceptors (Lipinski definition) is 4. The standard InChI is InChI=1S/C14H29N3O2S/c1-20(18,19)16-10-7-14-4-2-3-11-17(14)12-13-5-8-15-9-6-13/h13-16H,2-12H2,1H3. The van der Waals surface area contributed by atoms with Crippen molar-refractivity contribution in [3.63, 3.8) is 0 Å². The minimum atomic E-state index is -3.05. The first-order chi connectivity index (χ1) is 9.54. The Bertz CT molecular complexity index is 380. The predicted molar refractivity (Wildman–Crippen MR) is 82.3 cm³/mol. The van der Waals surface area contributed by atoms with Crippen molar-refractivity contribution in [3.8, 4) is 0 Å². The van der Waals surface area contributed by atoms with Crippen LogP contribution < -0.4 is 10.0 Å². The molecule has 0 aromatic heterocycles. The van der Waals surface area contributed by atoms with E-state index in [0.717, 1.165) is 25.4 Å². The van der Waals surface area contributed by atoms with Gasteiger partial charge >= 0.3 is 0 Å². The maximum absolute atomic E-state index is 11.1. The van der Waals surface area contributed by atoms with Crippen molar-refractivity contribution in [3.05, 3.63) is 0 Å². The van der Waals surface area contributed by atoms with E-state index in [9.17, 15) is 8.42 Å². The first-order valence-corrected chi connectivity index (χ1v) is 9.83. The fourth-order valence-electron chi connectivity index (χ4n) is 3.43. The summed E-state index contributed by atoms with van der Waals surface area (Å²) in [7, 11) is -3.05. The Balaban J connectivity index is 1.78. The molecular weight excluding hydrogens is 274 g/mol. The highest BCUT2D eigenvalue weighted by atomic mass is 32.2. The molecule has 0 spiro atoms. The van der Waals surface area contributed by atoms with E-state index < -0.39 is 10.0 Å². The Hall–Kier alpha value is -0.170. The molecule has 0 aliphatic carbocycles. The van der Waals surface area contributed by atoms with Crippen LogP contribution in [0.5, 0.6) is 0 Å².